The molecule has 0 bridgehead atoms. The molecule has 3 heteroatoms. The molecule has 0 amide bonds. The zero-order valence-corrected chi connectivity index (χ0v) is 12.1. The van der Waals surface area contributed by atoms with Gasteiger partial charge < -0.3 is 5.32 Å². The fourth-order valence-electron chi connectivity index (χ4n) is 1.98. The van der Waals surface area contributed by atoms with Crippen LogP contribution in [0, 0.1) is 25.2 Å². The number of carbonyl (C=O) groups excluding carboxylic acids is 1. The van der Waals surface area contributed by atoms with Crippen molar-refractivity contribution in [3.05, 3.63) is 77.0 Å². The van der Waals surface area contributed by atoms with E-state index in [1.54, 1.807) is 24.4 Å². The second kappa shape index (κ2) is 6.53. The minimum atomic E-state index is -0.0415. The highest BCUT2D eigenvalue weighted by atomic mass is 16.1. The summed E-state index contributed by atoms with van der Waals surface area (Å²) in [6.45, 7) is 3.88. The average molecular weight is 276 g/mol. The second-order valence-corrected chi connectivity index (χ2v) is 4.85. The molecule has 0 aliphatic heterocycles. The fourth-order valence-corrected chi connectivity index (χ4v) is 1.98. The highest BCUT2D eigenvalue weighted by Gasteiger charge is 2.05. The first-order valence-electron chi connectivity index (χ1n) is 6.65. The number of rotatable bonds is 4. The van der Waals surface area contributed by atoms with Crippen molar-refractivity contribution >= 4 is 11.5 Å². The minimum Gasteiger partial charge on any atom is -0.362 e. The minimum absolute atomic E-state index is 0.0415. The number of benzene rings is 2. The molecule has 0 fully saturated rings. The molecule has 0 unspecified atom stereocenters. The molecule has 0 radical (unpaired) electrons. The summed E-state index contributed by atoms with van der Waals surface area (Å²) >= 11 is 0. The highest BCUT2D eigenvalue weighted by molar-refractivity contribution is 6.05. The number of nitriles is 1. The van der Waals surface area contributed by atoms with Gasteiger partial charge in [-0.15, -0.1) is 0 Å². The Bertz CT molecular complexity index is 739. The lowest BCUT2D eigenvalue weighted by Crippen LogP contribution is -2.00. The Morgan fingerprint density at radius 1 is 1.19 bits per heavy atom. The van der Waals surface area contributed by atoms with Gasteiger partial charge in [0.2, 0.25) is 0 Å². The molecule has 2 rings (SSSR count). The lowest BCUT2D eigenvalue weighted by atomic mass is 10.0. The Balaban J connectivity index is 2.09. The number of hydrogen-bond donors (Lipinski definition) is 1. The largest absolute Gasteiger partial charge is 0.362 e. The Kier molecular flexibility index (Phi) is 4.53. The number of allylic oxidation sites excluding steroid dienone is 1. The van der Waals surface area contributed by atoms with Crippen molar-refractivity contribution in [3.63, 3.8) is 0 Å². The maximum atomic E-state index is 12.2. The van der Waals surface area contributed by atoms with Crippen molar-refractivity contribution in [1.82, 2.24) is 0 Å². The van der Waals surface area contributed by atoms with E-state index in [0.717, 1.165) is 16.8 Å². The van der Waals surface area contributed by atoms with E-state index < -0.39 is 0 Å². The fraction of sp³-hybridized carbons (Fsp3) is 0.111. The van der Waals surface area contributed by atoms with E-state index in [2.05, 4.69) is 11.4 Å². The topological polar surface area (TPSA) is 52.9 Å². The third-order valence-electron chi connectivity index (χ3n) is 3.13. The van der Waals surface area contributed by atoms with E-state index in [1.165, 1.54) is 6.08 Å². The third kappa shape index (κ3) is 3.80. The summed E-state index contributed by atoms with van der Waals surface area (Å²) in [5.41, 5.74) is 4.08. The molecule has 0 aromatic heterocycles. The zero-order chi connectivity index (χ0) is 15.2. The van der Waals surface area contributed by atoms with Gasteiger partial charge in [-0.1, -0.05) is 23.8 Å². The number of carbonyl (C=O) groups is 1. The summed E-state index contributed by atoms with van der Waals surface area (Å²) in [7, 11) is 0. The normalized spacial score (nSPS) is 10.3. The van der Waals surface area contributed by atoms with E-state index in [4.69, 9.17) is 5.26 Å². The van der Waals surface area contributed by atoms with Crippen molar-refractivity contribution in [2.75, 3.05) is 5.32 Å². The molecule has 21 heavy (non-hydrogen) atoms. The standard InChI is InChI=1S/C18H16N2O/c1-13-6-7-14(2)17(10-13)18(21)8-9-20-16-5-3-4-15(11-16)12-19/h3-11,20H,1-2H3/b9-8+. The predicted octanol–water partition coefficient (Wildman–Crippen LogP) is 3.98. The van der Waals surface area contributed by atoms with E-state index in [-0.39, 0.29) is 5.78 Å². The molecule has 0 saturated heterocycles. The summed E-state index contributed by atoms with van der Waals surface area (Å²) < 4.78 is 0. The highest BCUT2D eigenvalue weighted by Crippen LogP contribution is 2.13. The lowest BCUT2D eigenvalue weighted by Gasteiger charge is -2.04. The van der Waals surface area contributed by atoms with E-state index >= 15 is 0 Å². The molecular weight excluding hydrogens is 260 g/mol. The number of nitrogens with one attached hydrogen (secondary N) is 1. The number of anilines is 1. The second-order valence-electron chi connectivity index (χ2n) is 4.85. The Morgan fingerprint density at radius 3 is 2.76 bits per heavy atom. The van der Waals surface area contributed by atoms with Gasteiger partial charge in [0, 0.05) is 23.5 Å². The van der Waals surface area contributed by atoms with Gasteiger partial charge in [0.15, 0.2) is 5.78 Å². The first-order chi connectivity index (χ1) is 10.1. The van der Waals surface area contributed by atoms with Gasteiger partial charge in [-0.3, -0.25) is 4.79 Å². The predicted molar refractivity (Wildman–Crippen MR) is 84.2 cm³/mol. The van der Waals surface area contributed by atoms with E-state index in [9.17, 15) is 4.79 Å². The maximum absolute atomic E-state index is 12.2. The quantitative estimate of drug-likeness (QED) is 0.678. The van der Waals surface area contributed by atoms with Crippen LogP contribution in [0.5, 0.6) is 0 Å². The number of hydrogen-bond acceptors (Lipinski definition) is 3. The molecule has 0 heterocycles. The van der Waals surface area contributed by atoms with E-state index in [1.807, 2.05) is 38.1 Å². The van der Waals surface area contributed by atoms with Crippen LogP contribution >= 0.6 is 0 Å². The Morgan fingerprint density at radius 2 is 2.00 bits per heavy atom. The molecule has 0 aliphatic carbocycles. The van der Waals surface area contributed by atoms with Crippen molar-refractivity contribution in [2.45, 2.75) is 13.8 Å². The lowest BCUT2D eigenvalue weighted by molar-refractivity contribution is 0.104. The van der Waals surface area contributed by atoms with Crippen LogP contribution in [0.1, 0.15) is 27.0 Å². The van der Waals surface area contributed by atoms with Gasteiger partial charge in [0.25, 0.3) is 0 Å². The number of nitrogens with zero attached hydrogens (tertiary/aromatic N) is 1. The van der Waals surface area contributed by atoms with Crippen LogP contribution in [-0.4, -0.2) is 5.78 Å². The van der Waals surface area contributed by atoms with Gasteiger partial charge in [0.05, 0.1) is 11.6 Å². The third-order valence-corrected chi connectivity index (χ3v) is 3.13. The summed E-state index contributed by atoms with van der Waals surface area (Å²) in [6, 6.07) is 15.0. The summed E-state index contributed by atoms with van der Waals surface area (Å²) in [5, 5.41) is 11.8. The van der Waals surface area contributed by atoms with Gasteiger partial charge >= 0.3 is 0 Å². The first-order valence-corrected chi connectivity index (χ1v) is 6.65. The summed E-state index contributed by atoms with van der Waals surface area (Å²) in [6.07, 6.45) is 3.10. The molecule has 3 nitrogen and oxygen atoms in total. The van der Waals surface area contributed by atoms with Crippen LogP contribution in [0.15, 0.2) is 54.7 Å². The van der Waals surface area contributed by atoms with Crippen LogP contribution < -0.4 is 5.32 Å². The molecular formula is C18H16N2O. The van der Waals surface area contributed by atoms with Crippen LogP contribution in [-0.2, 0) is 0 Å². The molecule has 104 valence electrons. The van der Waals surface area contributed by atoms with Crippen LogP contribution in [0.4, 0.5) is 5.69 Å². The van der Waals surface area contributed by atoms with E-state index in [0.29, 0.717) is 11.1 Å². The van der Waals surface area contributed by atoms with Gasteiger partial charge in [0.1, 0.15) is 0 Å². The van der Waals surface area contributed by atoms with Gasteiger partial charge in [-0.05, 0) is 43.7 Å². The SMILES string of the molecule is Cc1ccc(C)c(C(=O)/C=C/Nc2cccc(C#N)c2)c1. The molecule has 0 atom stereocenters. The number of aryl methyl sites for hydroxylation is 2. The Labute approximate surface area is 124 Å². The van der Waals surface area contributed by atoms with Crippen LogP contribution in [0.25, 0.3) is 0 Å². The molecule has 1 N–H and O–H groups in total. The molecule has 0 aliphatic rings. The number of ketones is 1. The zero-order valence-electron chi connectivity index (χ0n) is 12.1. The molecule has 2 aromatic carbocycles. The van der Waals surface area contributed by atoms with Crippen molar-refractivity contribution in [2.24, 2.45) is 0 Å². The van der Waals surface area contributed by atoms with Crippen molar-refractivity contribution in [3.8, 4) is 6.07 Å². The van der Waals surface area contributed by atoms with Gasteiger partial charge in [-0.25, -0.2) is 0 Å². The molecule has 2 aromatic rings. The Hall–Kier alpha value is -2.86. The first kappa shape index (κ1) is 14.5. The average Bonchev–Trinajstić information content (AvgIpc) is 2.49. The van der Waals surface area contributed by atoms with Crippen molar-refractivity contribution in [1.29, 1.82) is 5.26 Å². The summed E-state index contributed by atoms with van der Waals surface area (Å²) in [5.74, 6) is -0.0415. The maximum Gasteiger partial charge on any atom is 0.187 e. The van der Waals surface area contributed by atoms with Crippen LogP contribution in [0.3, 0.4) is 0 Å². The monoisotopic (exact) mass is 276 g/mol. The smallest absolute Gasteiger partial charge is 0.187 e. The van der Waals surface area contributed by atoms with Crippen LogP contribution in [0.2, 0.25) is 0 Å². The molecule has 0 saturated carbocycles. The van der Waals surface area contributed by atoms with Crippen molar-refractivity contribution < 1.29 is 4.79 Å². The molecule has 0 spiro atoms. The summed E-state index contributed by atoms with van der Waals surface area (Å²) in [4.78, 5) is 12.2. The van der Waals surface area contributed by atoms with Gasteiger partial charge in [-0.2, -0.15) is 5.26 Å².